The molecule has 0 bridgehead atoms. The molecule has 31 heavy (non-hydrogen) atoms. The minimum atomic E-state index is -3.81. The molecule has 156 valence electrons. The summed E-state index contributed by atoms with van der Waals surface area (Å²) in [7, 11) is -3.81. The number of hydrogen-bond donors (Lipinski definition) is 2. The molecule has 0 aromatic heterocycles. The fourth-order valence-corrected chi connectivity index (χ4v) is 4.55. The molecule has 0 radical (unpaired) electrons. The molecule has 1 amide bonds. The second-order valence-electron chi connectivity index (χ2n) is 7.07. The van der Waals surface area contributed by atoms with Gasteiger partial charge in [-0.1, -0.05) is 48.0 Å². The molecule has 0 aliphatic heterocycles. The van der Waals surface area contributed by atoms with E-state index in [0.29, 0.717) is 27.5 Å². The van der Waals surface area contributed by atoms with Crippen LogP contribution in [0.4, 0.5) is 11.4 Å². The van der Waals surface area contributed by atoms with Crippen LogP contribution in [-0.4, -0.2) is 14.3 Å². The normalized spacial score (nSPS) is 11.3. The van der Waals surface area contributed by atoms with Gasteiger partial charge in [0.1, 0.15) is 0 Å². The van der Waals surface area contributed by atoms with E-state index < -0.39 is 10.0 Å². The molecule has 0 spiro atoms. The number of aryl methyl sites for hydroxylation is 1. The predicted molar refractivity (Wildman–Crippen MR) is 125 cm³/mol. The molecule has 0 saturated carbocycles. The van der Waals surface area contributed by atoms with Crippen molar-refractivity contribution < 1.29 is 13.2 Å². The summed E-state index contributed by atoms with van der Waals surface area (Å²) in [4.78, 5) is 12.6. The Hall–Kier alpha value is -3.35. The van der Waals surface area contributed by atoms with Crippen molar-refractivity contribution in [1.29, 1.82) is 0 Å². The van der Waals surface area contributed by atoms with Crippen LogP contribution in [0.25, 0.3) is 10.8 Å². The van der Waals surface area contributed by atoms with Crippen LogP contribution < -0.4 is 10.0 Å². The molecule has 0 atom stereocenters. The van der Waals surface area contributed by atoms with Crippen LogP contribution >= 0.6 is 11.6 Å². The lowest BCUT2D eigenvalue weighted by atomic mass is 10.1. The number of fused-ring (bicyclic) bond motifs is 1. The van der Waals surface area contributed by atoms with Crippen LogP contribution in [0.2, 0.25) is 5.02 Å². The SMILES string of the molecule is Cc1cc(S(=O)(=O)Nc2cccc3ccccc23)ccc1NC(=O)c1ccc(Cl)cc1. The molecule has 2 N–H and O–H groups in total. The van der Waals surface area contributed by atoms with Crippen LogP contribution in [-0.2, 0) is 10.0 Å². The molecular weight excluding hydrogens is 432 g/mol. The molecule has 0 aliphatic rings. The van der Waals surface area contributed by atoms with Crippen LogP contribution in [0.5, 0.6) is 0 Å². The summed E-state index contributed by atoms with van der Waals surface area (Å²) in [5, 5.41) is 5.10. The molecular formula is C24H19ClN2O3S. The standard InChI is InChI=1S/C24H19ClN2O3S/c1-16-15-20(13-14-22(16)26-24(28)18-9-11-19(25)12-10-18)31(29,30)27-23-8-4-6-17-5-2-3-7-21(17)23/h2-15,27H,1H3,(H,26,28). The van der Waals surface area contributed by atoms with Crippen LogP contribution in [0, 0.1) is 6.92 Å². The summed E-state index contributed by atoms with van der Waals surface area (Å²) >= 11 is 5.86. The fourth-order valence-electron chi connectivity index (χ4n) is 3.26. The van der Waals surface area contributed by atoms with E-state index >= 15 is 0 Å². The van der Waals surface area contributed by atoms with Crippen molar-refractivity contribution in [3.8, 4) is 0 Å². The summed E-state index contributed by atoms with van der Waals surface area (Å²) in [6, 6.07) is 24.1. The molecule has 4 aromatic rings. The van der Waals surface area contributed by atoms with Gasteiger partial charge in [0.15, 0.2) is 0 Å². The minimum Gasteiger partial charge on any atom is -0.322 e. The maximum Gasteiger partial charge on any atom is 0.261 e. The van der Waals surface area contributed by atoms with E-state index in [0.717, 1.165) is 10.8 Å². The first kappa shape index (κ1) is 20.9. The maximum absolute atomic E-state index is 13.0. The van der Waals surface area contributed by atoms with E-state index in [2.05, 4.69) is 10.0 Å². The van der Waals surface area contributed by atoms with Gasteiger partial charge in [0.25, 0.3) is 15.9 Å². The number of carbonyl (C=O) groups is 1. The van der Waals surface area contributed by atoms with Crippen molar-refractivity contribution >= 4 is 49.7 Å². The largest absolute Gasteiger partial charge is 0.322 e. The summed E-state index contributed by atoms with van der Waals surface area (Å²) in [6.07, 6.45) is 0. The number of anilines is 2. The highest BCUT2D eigenvalue weighted by atomic mass is 35.5. The van der Waals surface area contributed by atoms with Gasteiger partial charge in [0.05, 0.1) is 10.6 Å². The lowest BCUT2D eigenvalue weighted by molar-refractivity contribution is 0.102. The summed E-state index contributed by atoms with van der Waals surface area (Å²) in [5.74, 6) is -0.302. The molecule has 0 fully saturated rings. The lowest BCUT2D eigenvalue weighted by Crippen LogP contribution is -2.15. The Kier molecular flexibility index (Phi) is 5.67. The molecule has 0 heterocycles. The van der Waals surface area contributed by atoms with Gasteiger partial charge in [-0.05, 0) is 66.4 Å². The van der Waals surface area contributed by atoms with Gasteiger partial charge in [-0.15, -0.1) is 0 Å². The molecule has 0 unspecified atom stereocenters. The van der Waals surface area contributed by atoms with Gasteiger partial charge in [0, 0.05) is 21.7 Å². The lowest BCUT2D eigenvalue weighted by Gasteiger charge is -2.13. The molecule has 0 aliphatic carbocycles. The van der Waals surface area contributed by atoms with E-state index in [1.807, 2.05) is 30.3 Å². The summed E-state index contributed by atoms with van der Waals surface area (Å²) in [5.41, 5.74) is 2.13. The minimum absolute atomic E-state index is 0.113. The zero-order chi connectivity index (χ0) is 22.0. The Morgan fingerprint density at radius 3 is 2.29 bits per heavy atom. The highest BCUT2D eigenvalue weighted by molar-refractivity contribution is 7.92. The van der Waals surface area contributed by atoms with Crippen molar-refractivity contribution in [2.24, 2.45) is 0 Å². The first-order chi connectivity index (χ1) is 14.8. The number of carbonyl (C=O) groups excluding carboxylic acids is 1. The Morgan fingerprint density at radius 1 is 0.839 bits per heavy atom. The highest BCUT2D eigenvalue weighted by Crippen LogP contribution is 2.27. The number of amides is 1. The van der Waals surface area contributed by atoms with Gasteiger partial charge in [-0.2, -0.15) is 0 Å². The van der Waals surface area contributed by atoms with Crippen LogP contribution in [0.3, 0.4) is 0 Å². The topological polar surface area (TPSA) is 75.3 Å². The first-order valence-corrected chi connectivity index (χ1v) is 11.4. The third-order valence-electron chi connectivity index (χ3n) is 4.90. The van der Waals surface area contributed by atoms with E-state index in [4.69, 9.17) is 11.6 Å². The maximum atomic E-state index is 13.0. The van der Waals surface area contributed by atoms with Gasteiger partial charge in [-0.25, -0.2) is 8.42 Å². The van der Waals surface area contributed by atoms with Gasteiger partial charge >= 0.3 is 0 Å². The Bertz CT molecular complexity index is 1380. The fraction of sp³-hybridized carbons (Fsp3) is 0.0417. The second-order valence-corrected chi connectivity index (χ2v) is 9.19. The zero-order valence-electron chi connectivity index (χ0n) is 16.6. The third-order valence-corrected chi connectivity index (χ3v) is 6.51. The van der Waals surface area contributed by atoms with Crippen molar-refractivity contribution in [2.45, 2.75) is 11.8 Å². The number of rotatable bonds is 5. The average molecular weight is 451 g/mol. The number of benzene rings is 4. The van der Waals surface area contributed by atoms with Crippen molar-refractivity contribution in [3.63, 3.8) is 0 Å². The van der Waals surface area contributed by atoms with Crippen LogP contribution in [0.15, 0.2) is 89.8 Å². The predicted octanol–water partition coefficient (Wildman–Crippen LogP) is 5.85. The molecule has 4 rings (SSSR count). The number of hydrogen-bond acceptors (Lipinski definition) is 3. The van der Waals surface area contributed by atoms with Crippen LogP contribution in [0.1, 0.15) is 15.9 Å². The Labute approximate surface area is 185 Å². The monoisotopic (exact) mass is 450 g/mol. The molecule has 5 nitrogen and oxygen atoms in total. The van der Waals surface area contributed by atoms with E-state index in [1.165, 1.54) is 12.1 Å². The Balaban J connectivity index is 1.58. The average Bonchev–Trinajstić information content (AvgIpc) is 2.75. The second kappa shape index (κ2) is 8.41. The summed E-state index contributed by atoms with van der Waals surface area (Å²) in [6.45, 7) is 1.74. The molecule has 7 heteroatoms. The highest BCUT2D eigenvalue weighted by Gasteiger charge is 2.17. The van der Waals surface area contributed by atoms with E-state index in [-0.39, 0.29) is 10.8 Å². The molecule has 4 aromatic carbocycles. The number of halogens is 1. The first-order valence-electron chi connectivity index (χ1n) is 9.52. The van der Waals surface area contributed by atoms with Gasteiger partial charge in [-0.3, -0.25) is 9.52 Å². The van der Waals surface area contributed by atoms with Gasteiger partial charge < -0.3 is 5.32 Å². The third kappa shape index (κ3) is 4.55. The van der Waals surface area contributed by atoms with E-state index in [9.17, 15) is 13.2 Å². The smallest absolute Gasteiger partial charge is 0.261 e. The number of sulfonamides is 1. The van der Waals surface area contributed by atoms with Crippen molar-refractivity contribution in [1.82, 2.24) is 0 Å². The Morgan fingerprint density at radius 2 is 1.55 bits per heavy atom. The van der Waals surface area contributed by atoms with Gasteiger partial charge in [0.2, 0.25) is 0 Å². The number of nitrogens with one attached hydrogen (secondary N) is 2. The van der Waals surface area contributed by atoms with Crippen molar-refractivity contribution in [2.75, 3.05) is 10.0 Å². The van der Waals surface area contributed by atoms with E-state index in [1.54, 1.807) is 49.4 Å². The molecule has 0 saturated heterocycles. The zero-order valence-corrected chi connectivity index (χ0v) is 18.2. The van der Waals surface area contributed by atoms with Crippen molar-refractivity contribution in [3.05, 3.63) is 101 Å². The quantitative estimate of drug-likeness (QED) is 0.400. The summed E-state index contributed by atoms with van der Waals surface area (Å²) < 4.78 is 28.6.